The van der Waals surface area contributed by atoms with Gasteiger partial charge in [-0.1, -0.05) is 27.5 Å². The van der Waals surface area contributed by atoms with Crippen LogP contribution in [0.4, 0.5) is 4.39 Å². The molecule has 0 aromatic heterocycles. The standard InChI is InChI=1S/C15H15BrClFN2O/c1-21-15-5-2-10(16)6-9(15)7-14(20-19)12-8-11(17)3-4-13(12)18/h2-6,8,14,20H,7,19H2,1H3. The highest BCUT2D eigenvalue weighted by atomic mass is 79.9. The van der Waals surface area contributed by atoms with Crippen LogP contribution in [0.5, 0.6) is 5.75 Å². The third-order valence-corrected chi connectivity index (χ3v) is 3.93. The van der Waals surface area contributed by atoms with Crippen molar-refractivity contribution in [3.8, 4) is 5.75 Å². The number of hydrazine groups is 1. The Bertz CT molecular complexity index is 639. The van der Waals surface area contributed by atoms with Crippen molar-refractivity contribution in [2.75, 3.05) is 7.11 Å². The van der Waals surface area contributed by atoms with Crippen molar-refractivity contribution in [2.24, 2.45) is 5.84 Å². The molecule has 0 radical (unpaired) electrons. The minimum absolute atomic E-state index is 0.351. The van der Waals surface area contributed by atoms with Crippen LogP contribution in [-0.2, 0) is 6.42 Å². The Morgan fingerprint density at radius 3 is 2.76 bits per heavy atom. The zero-order valence-electron chi connectivity index (χ0n) is 11.4. The van der Waals surface area contributed by atoms with Crippen LogP contribution in [-0.4, -0.2) is 7.11 Å². The molecule has 0 bridgehead atoms. The summed E-state index contributed by atoms with van der Waals surface area (Å²) >= 11 is 9.35. The van der Waals surface area contributed by atoms with E-state index in [0.29, 0.717) is 17.0 Å². The summed E-state index contributed by atoms with van der Waals surface area (Å²) in [6, 6.07) is 9.66. The second-order valence-corrected chi connectivity index (χ2v) is 5.90. The summed E-state index contributed by atoms with van der Waals surface area (Å²) in [6.45, 7) is 0. The molecule has 3 nitrogen and oxygen atoms in total. The first-order valence-corrected chi connectivity index (χ1v) is 7.45. The van der Waals surface area contributed by atoms with Crippen molar-refractivity contribution in [1.29, 1.82) is 0 Å². The summed E-state index contributed by atoms with van der Waals surface area (Å²) in [5.74, 6) is 5.96. The average Bonchev–Trinajstić information content (AvgIpc) is 2.47. The maximum absolute atomic E-state index is 14.0. The minimum atomic E-state index is -0.410. The van der Waals surface area contributed by atoms with Gasteiger partial charge < -0.3 is 4.74 Å². The fraction of sp³-hybridized carbons (Fsp3) is 0.200. The molecule has 1 atom stereocenters. The molecule has 0 amide bonds. The molecule has 3 N–H and O–H groups in total. The summed E-state index contributed by atoms with van der Waals surface area (Å²) in [5.41, 5.74) is 3.97. The zero-order valence-corrected chi connectivity index (χ0v) is 13.7. The molecular weight excluding hydrogens is 359 g/mol. The van der Waals surface area contributed by atoms with Gasteiger partial charge in [-0.2, -0.15) is 0 Å². The van der Waals surface area contributed by atoms with Crippen molar-refractivity contribution in [2.45, 2.75) is 12.5 Å². The lowest BCUT2D eigenvalue weighted by atomic mass is 9.98. The van der Waals surface area contributed by atoms with E-state index in [4.69, 9.17) is 22.2 Å². The topological polar surface area (TPSA) is 47.3 Å². The van der Waals surface area contributed by atoms with Crippen molar-refractivity contribution in [3.63, 3.8) is 0 Å². The van der Waals surface area contributed by atoms with Gasteiger partial charge in [-0.15, -0.1) is 0 Å². The van der Waals surface area contributed by atoms with Crippen molar-refractivity contribution < 1.29 is 9.13 Å². The summed E-state index contributed by atoms with van der Waals surface area (Å²) in [5, 5.41) is 0.466. The van der Waals surface area contributed by atoms with Crippen LogP contribution >= 0.6 is 27.5 Å². The molecule has 0 saturated carbocycles. The first kappa shape index (κ1) is 16.2. The molecule has 0 aliphatic rings. The number of nitrogens with two attached hydrogens (primary N) is 1. The van der Waals surface area contributed by atoms with E-state index in [1.807, 2.05) is 18.2 Å². The first-order chi connectivity index (χ1) is 10.0. The number of benzene rings is 2. The Balaban J connectivity index is 2.35. The number of halogens is 3. The van der Waals surface area contributed by atoms with Gasteiger partial charge in [0.2, 0.25) is 0 Å². The lowest BCUT2D eigenvalue weighted by Gasteiger charge is -2.19. The van der Waals surface area contributed by atoms with Gasteiger partial charge in [0.05, 0.1) is 13.2 Å². The van der Waals surface area contributed by atoms with E-state index >= 15 is 0 Å². The number of methoxy groups -OCH3 is 1. The normalized spacial score (nSPS) is 12.2. The third-order valence-electron chi connectivity index (χ3n) is 3.20. The van der Waals surface area contributed by atoms with E-state index < -0.39 is 6.04 Å². The molecule has 2 aromatic rings. The molecule has 0 aliphatic heterocycles. The number of hydrogen-bond acceptors (Lipinski definition) is 3. The van der Waals surface area contributed by atoms with Gasteiger partial charge >= 0.3 is 0 Å². The van der Waals surface area contributed by atoms with Gasteiger partial charge in [0.1, 0.15) is 11.6 Å². The highest BCUT2D eigenvalue weighted by Gasteiger charge is 2.18. The summed E-state index contributed by atoms with van der Waals surface area (Å²) in [7, 11) is 1.59. The SMILES string of the molecule is COc1ccc(Br)cc1CC(NN)c1cc(Cl)ccc1F. The number of ether oxygens (including phenoxy) is 1. The number of hydrogen-bond donors (Lipinski definition) is 2. The largest absolute Gasteiger partial charge is 0.496 e. The molecule has 21 heavy (non-hydrogen) atoms. The number of nitrogens with one attached hydrogen (secondary N) is 1. The molecule has 0 aliphatic carbocycles. The molecule has 0 fully saturated rings. The predicted molar refractivity (Wildman–Crippen MR) is 85.9 cm³/mol. The van der Waals surface area contributed by atoms with E-state index in [1.54, 1.807) is 13.2 Å². The van der Waals surface area contributed by atoms with Crippen LogP contribution in [0.25, 0.3) is 0 Å². The second-order valence-electron chi connectivity index (χ2n) is 4.55. The average molecular weight is 374 g/mol. The Hall–Kier alpha value is -1.14. The molecule has 2 aromatic carbocycles. The van der Waals surface area contributed by atoms with Crippen LogP contribution < -0.4 is 16.0 Å². The van der Waals surface area contributed by atoms with Crippen molar-refractivity contribution in [3.05, 3.63) is 62.8 Å². The Labute approximate surface area is 136 Å². The van der Waals surface area contributed by atoms with E-state index in [1.165, 1.54) is 12.1 Å². The quantitative estimate of drug-likeness (QED) is 0.615. The van der Waals surface area contributed by atoms with Gasteiger partial charge in [0.15, 0.2) is 0 Å². The molecule has 2 rings (SSSR count). The monoisotopic (exact) mass is 372 g/mol. The fourth-order valence-electron chi connectivity index (χ4n) is 2.17. The Morgan fingerprint density at radius 1 is 1.33 bits per heavy atom. The fourth-order valence-corrected chi connectivity index (χ4v) is 2.76. The van der Waals surface area contributed by atoms with Crippen LogP contribution in [0.2, 0.25) is 5.02 Å². The van der Waals surface area contributed by atoms with Crippen LogP contribution in [0.15, 0.2) is 40.9 Å². The number of rotatable bonds is 5. The van der Waals surface area contributed by atoms with Crippen LogP contribution in [0.3, 0.4) is 0 Å². The van der Waals surface area contributed by atoms with E-state index in [2.05, 4.69) is 21.4 Å². The van der Waals surface area contributed by atoms with Crippen LogP contribution in [0.1, 0.15) is 17.2 Å². The highest BCUT2D eigenvalue weighted by Crippen LogP contribution is 2.29. The van der Waals surface area contributed by atoms with Gasteiger partial charge in [-0.3, -0.25) is 11.3 Å². The first-order valence-electron chi connectivity index (χ1n) is 6.28. The van der Waals surface area contributed by atoms with Crippen molar-refractivity contribution in [1.82, 2.24) is 5.43 Å². The molecule has 1 unspecified atom stereocenters. The Morgan fingerprint density at radius 2 is 2.10 bits per heavy atom. The minimum Gasteiger partial charge on any atom is -0.496 e. The zero-order chi connectivity index (χ0) is 15.4. The lowest BCUT2D eigenvalue weighted by Crippen LogP contribution is -2.30. The summed E-state index contributed by atoms with van der Waals surface area (Å²) in [4.78, 5) is 0. The summed E-state index contributed by atoms with van der Waals surface area (Å²) in [6.07, 6.45) is 0.469. The Kier molecular flexibility index (Phi) is 5.58. The predicted octanol–water partition coefficient (Wildman–Crippen LogP) is 4.00. The van der Waals surface area contributed by atoms with Crippen molar-refractivity contribution >= 4 is 27.5 Å². The van der Waals surface area contributed by atoms with Gasteiger partial charge in [0, 0.05) is 15.1 Å². The molecule has 0 saturated heterocycles. The molecular formula is C15H15BrClFN2O. The maximum atomic E-state index is 14.0. The smallest absolute Gasteiger partial charge is 0.128 e. The molecule has 112 valence electrons. The van der Waals surface area contributed by atoms with Gasteiger partial charge in [-0.05, 0) is 48.4 Å². The lowest BCUT2D eigenvalue weighted by molar-refractivity contribution is 0.404. The van der Waals surface area contributed by atoms with Crippen LogP contribution in [0, 0.1) is 5.82 Å². The second kappa shape index (κ2) is 7.22. The van der Waals surface area contributed by atoms with Gasteiger partial charge in [0.25, 0.3) is 0 Å². The third kappa shape index (κ3) is 3.95. The summed E-state index contributed by atoms with van der Waals surface area (Å²) < 4.78 is 20.2. The highest BCUT2D eigenvalue weighted by molar-refractivity contribution is 9.10. The molecule has 0 heterocycles. The molecule has 6 heteroatoms. The van der Waals surface area contributed by atoms with E-state index in [-0.39, 0.29) is 5.82 Å². The van der Waals surface area contributed by atoms with E-state index in [0.717, 1.165) is 15.8 Å². The maximum Gasteiger partial charge on any atom is 0.128 e. The van der Waals surface area contributed by atoms with E-state index in [9.17, 15) is 4.39 Å². The molecule has 0 spiro atoms. The van der Waals surface area contributed by atoms with Gasteiger partial charge in [-0.25, -0.2) is 4.39 Å².